The molecule has 6 heteroatoms. The van der Waals surface area contributed by atoms with Gasteiger partial charge in [-0.3, -0.25) is 9.59 Å². The molecule has 1 aliphatic rings. The van der Waals surface area contributed by atoms with Crippen LogP contribution in [0.1, 0.15) is 23.7 Å². The Morgan fingerprint density at radius 2 is 1.54 bits per heavy atom. The van der Waals surface area contributed by atoms with E-state index in [1.807, 2.05) is 12.1 Å². The zero-order valence-corrected chi connectivity index (χ0v) is 15.4. The van der Waals surface area contributed by atoms with Gasteiger partial charge in [0.1, 0.15) is 5.75 Å². The number of benzene rings is 2. The number of carbonyl (C=O) groups is 2. The zero-order chi connectivity index (χ0) is 18.7. The van der Waals surface area contributed by atoms with Crippen molar-refractivity contribution in [3.8, 4) is 16.9 Å². The van der Waals surface area contributed by atoms with Crippen molar-refractivity contribution in [2.45, 2.75) is 13.3 Å². The molecule has 136 valence electrons. The van der Waals surface area contributed by atoms with E-state index in [0.717, 1.165) is 17.5 Å². The van der Waals surface area contributed by atoms with Crippen LogP contribution in [0.15, 0.2) is 42.5 Å². The third-order valence-corrected chi connectivity index (χ3v) is 4.94. The average Bonchev–Trinajstić information content (AvgIpc) is 2.90. The van der Waals surface area contributed by atoms with E-state index in [2.05, 4.69) is 0 Å². The molecule has 0 aromatic heterocycles. The van der Waals surface area contributed by atoms with Gasteiger partial charge < -0.3 is 14.9 Å². The van der Waals surface area contributed by atoms with Crippen LogP contribution in [0.3, 0.4) is 0 Å². The molecule has 5 nitrogen and oxygen atoms in total. The zero-order valence-electron chi connectivity index (χ0n) is 14.6. The van der Waals surface area contributed by atoms with Gasteiger partial charge in [0.2, 0.25) is 5.91 Å². The summed E-state index contributed by atoms with van der Waals surface area (Å²) in [5.74, 6) is 0.0740. The fourth-order valence-corrected chi connectivity index (χ4v) is 3.29. The van der Waals surface area contributed by atoms with Crippen molar-refractivity contribution < 1.29 is 14.7 Å². The van der Waals surface area contributed by atoms with Gasteiger partial charge in [-0.1, -0.05) is 29.8 Å². The van der Waals surface area contributed by atoms with Crippen molar-refractivity contribution in [2.24, 2.45) is 0 Å². The van der Waals surface area contributed by atoms with E-state index in [4.69, 9.17) is 11.6 Å². The van der Waals surface area contributed by atoms with E-state index >= 15 is 0 Å². The molecule has 0 saturated carbocycles. The first-order chi connectivity index (χ1) is 12.5. The van der Waals surface area contributed by atoms with Crippen molar-refractivity contribution in [2.75, 3.05) is 26.2 Å². The summed E-state index contributed by atoms with van der Waals surface area (Å²) < 4.78 is 0. The van der Waals surface area contributed by atoms with Gasteiger partial charge in [0.15, 0.2) is 0 Å². The highest BCUT2D eigenvalue weighted by Crippen LogP contribution is 2.29. The van der Waals surface area contributed by atoms with Crippen LogP contribution in [-0.2, 0) is 4.79 Å². The normalized spacial score (nSPS) is 14.8. The van der Waals surface area contributed by atoms with Crippen molar-refractivity contribution in [1.29, 1.82) is 0 Å². The summed E-state index contributed by atoms with van der Waals surface area (Å²) >= 11 is 5.96. The van der Waals surface area contributed by atoms with Crippen LogP contribution in [0.5, 0.6) is 5.75 Å². The smallest absolute Gasteiger partial charge is 0.253 e. The topological polar surface area (TPSA) is 60.9 Å². The minimum atomic E-state index is -0.0225. The van der Waals surface area contributed by atoms with Gasteiger partial charge in [-0.25, -0.2) is 0 Å². The minimum Gasteiger partial charge on any atom is -0.506 e. The van der Waals surface area contributed by atoms with Gasteiger partial charge in [-0.15, -0.1) is 0 Å². The Kier molecular flexibility index (Phi) is 5.47. The van der Waals surface area contributed by atoms with E-state index in [9.17, 15) is 14.7 Å². The number of phenolic OH excluding ortho intramolecular Hbond substituents is 1. The molecular formula is C20H21ClN2O3. The lowest BCUT2D eigenvalue weighted by atomic mass is 10.0. The molecule has 0 radical (unpaired) electrons. The third kappa shape index (κ3) is 3.99. The van der Waals surface area contributed by atoms with Crippen LogP contribution in [0.4, 0.5) is 0 Å². The number of amides is 2. The number of aromatic hydroxyl groups is 1. The van der Waals surface area contributed by atoms with E-state index in [1.54, 1.807) is 47.1 Å². The monoisotopic (exact) mass is 372 g/mol. The Bertz CT molecular complexity index is 820. The Balaban J connectivity index is 1.72. The first-order valence-electron chi connectivity index (χ1n) is 8.59. The molecule has 1 heterocycles. The number of hydrogen-bond acceptors (Lipinski definition) is 3. The first kappa shape index (κ1) is 18.3. The summed E-state index contributed by atoms with van der Waals surface area (Å²) in [6, 6.07) is 12.4. The molecule has 1 aliphatic heterocycles. The maximum atomic E-state index is 12.7. The van der Waals surface area contributed by atoms with Crippen molar-refractivity contribution in [3.05, 3.63) is 53.1 Å². The minimum absolute atomic E-state index is 0.0225. The van der Waals surface area contributed by atoms with Crippen LogP contribution in [0, 0.1) is 0 Å². The van der Waals surface area contributed by atoms with Gasteiger partial charge in [0.25, 0.3) is 5.91 Å². The van der Waals surface area contributed by atoms with Crippen LogP contribution >= 0.6 is 11.6 Å². The van der Waals surface area contributed by atoms with Gasteiger partial charge in [-0.05, 0) is 41.8 Å². The summed E-state index contributed by atoms with van der Waals surface area (Å²) in [6.45, 7) is 4.03. The molecule has 0 atom stereocenters. The van der Waals surface area contributed by atoms with Crippen LogP contribution in [0.2, 0.25) is 5.02 Å². The molecule has 26 heavy (non-hydrogen) atoms. The fourth-order valence-electron chi connectivity index (χ4n) is 3.11. The molecular weight excluding hydrogens is 352 g/mol. The average molecular weight is 373 g/mol. The van der Waals surface area contributed by atoms with Crippen LogP contribution < -0.4 is 0 Å². The van der Waals surface area contributed by atoms with E-state index < -0.39 is 0 Å². The lowest BCUT2D eigenvalue weighted by Crippen LogP contribution is -2.36. The largest absolute Gasteiger partial charge is 0.506 e. The third-order valence-electron chi connectivity index (χ3n) is 4.64. The molecule has 2 amide bonds. The summed E-state index contributed by atoms with van der Waals surface area (Å²) in [5.41, 5.74) is 2.41. The van der Waals surface area contributed by atoms with Crippen molar-refractivity contribution >= 4 is 23.4 Å². The highest BCUT2D eigenvalue weighted by atomic mass is 35.5. The van der Waals surface area contributed by atoms with E-state index in [-0.39, 0.29) is 17.6 Å². The van der Waals surface area contributed by atoms with Crippen molar-refractivity contribution in [1.82, 2.24) is 9.80 Å². The number of carbonyl (C=O) groups excluding carboxylic acids is 2. The second-order valence-corrected chi connectivity index (χ2v) is 6.80. The molecule has 1 fully saturated rings. The SMILES string of the molecule is CC(=O)N1CCCN(C(=O)c2ccc(-c3ccc(O)c(Cl)c3)cc2)CC1. The molecule has 2 aromatic carbocycles. The van der Waals surface area contributed by atoms with E-state index in [0.29, 0.717) is 36.8 Å². The standard InChI is InChI=1S/C20H21ClN2O3/c1-14(24)22-9-2-10-23(12-11-22)20(26)16-5-3-15(4-6-16)17-7-8-19(25)18(21)13-17/h3-8,13,25H,2,9-12H2,1H3. The number of halogens is 1. The molecule has 2 aromatic rings. The summed E-state index contributed by atoms with van der Waals surface area (Å²) in [4.78, 5) is 27.8. The van der Waals surface area contributed by atoms with Gasteiger partial charge in [-0.2, -0.15) is 0 Å². The maximum Gasteiger partial charge on any atom is 0.253 e. The van der Waals surface area contributed by atoms with Gasteiger partial charge >= 0.3 is 0 Å². The number of hydrogen-bond donors (Lipinski definition) is 1. The van der Waals surface area contributed by atoms with Crippen molar-refractivity contribution in [3.63, 3.8) is 0 Å². The first-order valence-corrected chi connectivity index (χ1v) is 8.97. The quantitative estimate of drug-likeness (QED) is 0.878. The highest BCUT2D eigenvalue weighted by molar-refractivity contribution is 6.32. The van der Waals surface area contributed by atoms with Crippen LogP contribution in [0.25, 0.3) is 11.1 Å². The molecule has 0 unspecified atom stereocenters. The van der Waals surface area contributed by atoms with Gasteiger partial charge in [0.05, 0.1) is 5.02 Å². The Morgan fingerprint density at radius 3 is 2.19 bits per heavy atom. The molecule has 3 rings (SSSR count). The molecule has 1 N–H and O–H groups in total. The lowest BCUT2D eigenvalue weighted by molar-refractivity contribution is -0.128. The second-order valence-electron chi connectivity index (χ2n) is 6.40. The second kappa shape index (κ2) is 7.79. The van der Waals surface area contributed by atoms with E-state index in [1.165, 1.54) is 0 Å². The Hall–Kier alpha value is -2.53. The summed E-state index contributed by atoms with van der Waals surface area (Å²) in [5, 5.41) is 9.81. The highest BCUT2D eigenvalue weighted by Gasteiger charge is 2.21. The molecule has 0 spiro atoms. The fraction of sp³-hybridized carbons (Fsp3) is 0.300. The predicted octanol–water partition coefficient (Wildman–Crippen LogP) is 3.41. The molecule has 0 aliphatic carbocycles. The summed E-state index contributed by atoms with van der Waals surface area (Å²) in [7, 11) is 0. The molecule has 0 bridgehead atoms. The number of nitrogens with zero attached hydrogens (tertiary/aromatic N) is 2. The number of rotatable bonds is 2. The van der Waals surface area contributed by atoms with Gasteiger partial charge in [0, 0.05) is 38.7 Å². The molecule has 1 saturated heterocycles. The summed E-state index contributed by atoms with van der Waals surface area (Å²) in [6.07, 6.45) is 0.787. The van der Waals surface area contributed by atoms with Crippen LogP contribution in [-0.4, -0.2) is 52.9 Å². The maximum absolute atomic E-state index is 12.7. The number of phenols is 1. The Labute approximate surface area is 157 Å². The predicted molar refractivity (Wildman–Crippen MR) is 101 cm³/mol. The lowest BCUT2D eigenvalue weighted by Gasteiger charge is -2.21. The Morgan fingerprint density at radius 1 is 0.923 bits per heavy atom.